The minimum absolute atomic E-state index is 0.206. The third kappa shape index (κ3) is 4.42. The minimum Gasteiger partial charge on any atom is -0.378 e. The summed E-state index contributed by atoms with van der Waals surface area (Å²) in [4.78, 5) is 17.0. The topological polar surface area (TPSA) is 63.5 Å². The van der Waals surface area contributed by atoms with Crippen LogP contribution in [0.25, 0.3) is 0 Å². The Morgan fingerprint density at radius 1 is 1.15 bits per heavy atom. The predicted molar refractivity (Wildman–Crippen MR) is 106 cm³/mol. The van der Waals surface area contributed by atoms with E-state index in [-0.39, 0.29) is 5.91 Å². The van der Waals surface area contributed by atoms with Gasteiger partial charge in [-0.05, 0) is 44.4 Å². The number of carbonyl (C=O) groups excluding carboxylic acids is 1. The van der Waals surface area contributed by atoms with Crippen molar-refractivity contribution in [2.75, 3.05) is 44.0 Å². The Bertz CT molecular complexity index is 649. The Hall–Kier alpha value is -1.28. The van der Waals surface area contributed by atoms with Crippen molar-refractivity contribution in [3.63, 3.8) is 0 Å². The third-order valence-electron chi connectivity index (χ3n) is 6.10. The molecule has 1 aromatic rings. The second-order valence-corrected chi connectivity index (χ2v) is 9.13. The zero-order valence-electron chi connectivity index (χ0n) is 16.5. The maximum Gasteiger partial charge on any atom is 0.233 e. The van der Waals surface area contributed by atoms with E-state index < -0.39 is 0 Å². The lowest BCUT2D eigenvalue weighted by molar-refractivity contribution is -0.129. The zero-order chi connectivity index (χ0) is 18.8. The van der Waals surface area contributed by atoms with E-state index in [1.165, 1.54) is 25.7 Å². The molecule has 4 rings (SSSR count). The van der Waals surface area contributed by atoms with Gasteiger partial charge in [0, 0.05) is 32.2 Å². The van der Waals surface area contributed by atoms with E-state index in [2.05, 4.69) is 26.6 Å². The molecular weight excluding hydrogens is 362 g/mol. The first-order valence-electron chi connectivity index (χ1n) is 10.3. The number of morpholine rings is 1. The second-order valence-electron chi connectivity index (χ2n) is 8.19. The van der Waals surface area contributed by atoms with Crippen molar-refractivity contribution in [2.45, 2.75) is 62.7 Å². The van der Waals surface area contributed by atoms with E-state index in [0.29, 0.717) is 17.8 Å². The summed E-state index contributed by atoms with van der Waals surface area (Å²) in [5, 5.41) is 9.78. The smallest absolute Gasteiger partial charge is 0.233 e. The molecule has 1 aromatic heterocycles. The second kappa shape index (κ2) is 8.39. The van der Waals surface area contributed by atoms with Crippen LogP contribution in [0.4, 0.5) is 5.95 Å². The number of hydrogen-bond donors (Lipinski definition) is 0. The Morgan fingerprint density at radius 2 is 1.85 bits per heavy atom. The molecule has 8 heteroatoms. The van der Waals surface area contributed by atoms with Crippen LogP contribution >= 0.6 is 11.8 Å². The number of nitrogens with zero attached hydrogens (tertiary/aromatic N) is 5. The van der Waals surface area contributed by atoms with Gasteiger partial charge in [0.1, 0.15) is 0 Å². The van der Waals surface area contributed by atoms with E-state index >= 15 is 0 Å². The van der Waals surface area contributed by atoms with Crippen LogP contribution in [0.5, 0.6) is 0 Å². The summed E-state index contributed by atoms with van der Waals surface area (Å²) < 4.78 is 7.71. The molecule has 3 aliphatic rings. The van der Waals surface area contributed by atoms with Crippen molar-refractivity contribution in [1.82, 2.24) is 19.7 Å². The number of thioether (sulfide) groups is 1. The van der Waals surface area contributed by atoms with Crippen LogP contribution in [-0.2, 0) is 9.53 Å². The van der Waals surface area contributed by atoms with Gasteiger partial charge in [-0.25, -0.2) is 0 Å². The molecule has 3 fully saturated rings. The minimum atomic E-state index is 0.206. The molecule has 0 bridgehead atoms. The fourth-order valence-electron chi connectivity index (χ4n) is 4.06. The number of hydrogen-bond acceptors (Lipinski definition) is 6. The van der Waals surface area contributed by atoms with Crippen LogP contribution in [0.1, 0.15) is 51.5 Å². The predicted octanol–water partition coefficient (Wildman–Crippen LogP) is 2.58. The first kappa shape index (κ1) is 19.1. The molecule has 7 nitrogen and oxygen atoms in total. The van der Waals surface area contributed by atoms with Crippen molar-refractivity contribution in [1.29, 1.82) is 0 Å². The van der Waals surface area contributed by atoms with Gasteiger partial charge < -0.3 is 14.5 Å². The van der Waals surface area contributed by atoms with Crippen molar-refractivity contribution in [3.8, 4) is 0 Å². The van der Waals surface area contributed by atoms with Crippen LogP contribution in [0.15, 0.2) is 5.16 Å². The van der Waals surface area contributed by atoms with Gasteiger partial charge in [0.15, 0.2) is 5.16 Å². The first-order chi connectivity index (χ1) is 13.1. The maximum absolute atomic E-state index is 12.7. The monoisotopic (exact) mass is 393 g/mol. The Morgan fingerprint density at radius 3 is 2.52 bits per heavy atom. The molecule has 0 N–H and O–H groups in total. The highest BCUT2D eigenvalue weighted by molar-refractivity contribution is 7.99. The van der Waals surface area contributed by atoms with Gasteiger partial charge in [0.2, 0.25) is 11.9 Å². The number of anilines is 1. The average molecular weight is 394 g/mol. The summed E-state index contributed by atoms with van der Waals surface area (Å²) in [5.74, 6) is 2.40. The summed E-state index contributed by atoms with van der Waals surface area (Å²) in [6, 6.07) is 0.896. The van der Waals surface area contributed by atoms with Gasteiger partial charge in [-0.15, -0.1) is 10.2 Å². The molecule has 0 radical (unpaired) electrons. The van der Waals surface area contributed by atoms with Gasteiger partial charge in [-0.3, -0.25) is 9.36 Å². The van der Waals surface area contributed by atoms with Crippen molar-refractivity contribution < 1.29 is 9.53 Å². The molecule has 1 amide bonds. The van der Waals surface area contributed by atoms with Crippen molar-refractivity contribution in [3.05, 3.63) is 0 Å². The Kier molecular flexibility index (Phi) is 5.92. The fraction of sp³-hybridized carbons (Fsp3) is 0.842. The highest BCUT2D eigenvalue weighted by Crippen LogP contribution is 2.41. The molecule has 2 saturated carbocycles. The zero-order valence-corrected chi connectivity index (χ0v) is 17.3. The quantitative estimate of drug-likeness (QED) is 0.692. The van der Waals surface area contributed by atoms with Crippen LogP contribution < -0.4 is 4.90 Å². The van der Waals surface area contributed by atoms with Crippen LogP contribution in [0.2, 0.25) is 0 Å². The highest BCUT2D eigenvalue weighted by Gasteiger charge is 2.33. The highest BCUT2D eigenvalue weighted by atomic mass is 32.2. The molecule has 0 aromatic carbocycles. The van der Waals surface area contributed by atoms with Crippen LogP contribution in [-0.4, -0.2) is 70.7 Å². The summed E-state index contributed by atoms with van der Waals surface area (Å²) in [6.07, 6.45) is 7.08. The molecule has 0 spiro atoms. The molecule has 1 saturated heterocycles. The van der Waals surface area contributed by atoms with Gasteiger partial charge in [-0.1, -0.05) is 18.7 Å². The standard InChI is InChI=1S/C19H31N5O2S/c1-14-3-5-15(6-4-14)22(2)17(25)13-27-19-21-20-18(24(19)16-7-8-16)23-9-11-26-12-10-23/h14-16H,3-13H2,1-2H3. The van der Waals surface area contributed by atoms with E-state index in [9.17, 15) is 4.79 Å². The molecule has 150 valence electrons. The molecule has 2 heterocycles. The van der Waals surface area contributed by atoms with Crippen molar-refractivity contribution in [2.24, 2.45) is 5.92 Å². The van der Waals surface area contributed by atoms with Gasteiger partial charge in [-0.2, -0.15) is 0 Å². The number of ether oxygens (including phenoxy) is 1. The summed E-state index contributed by atoms with van der Waals surface area (Å²) in [7, 11) is 1.97. The van der Waals surface area contributed by atoms with E-state index in [1.807, 2.05) is 11.9 Å². The van der Waals surface area contributed by atoms with E-state index in [1.54, 1.807) is 11.8 Å². The largest absolute Gasteiger partial charge is 0.378 e. The lowest BCUT2D eigenvalue weighted by Gasteiger charge is -2.33. The number of rotatable bonds is 6. The molecule has 0 unspecified atom stereocenters. The number of aromatic nitrogens is 3. The fourth-order valence-corrected chi connectivity index (χ4v) is 4.99. The van der Waals surface area contributed by atoms with Gasteiger partial charge >= 0.3 is 0 Å². The SMILES string of the molecule is CC1CCC(N(C)C(=O)CSc2nnc(N3CCOCC3)n2C2CC2)CC1. The van der Waals surface area contributed by atoms with Crippen LogP contribution in [0.3, 0.4) is 0 Å². The normalized spacial score (nSPS) is 26.2. The first-order valence-corrected chi connectivity index (χ1v) is 11.3. The van der Waals surface area contributed by atoms with Crippen molar-refractivity contribution >= 4 is 23.6 Å². The molecule has 2 aliphatic carbocycles. The summed E-state index contributed by atoms with van der Waals surface area (Å²) in [6.45, 7) is 5.51. The average Bonchev–Trinajstić information content (AvgIpc) is 3.45. The third-order valence-corrected chi connectivity index (χ3v) is 7.03. The Balaban J connectivity index is 1.37. The lowest BCUT2D eigenvalue weighted by Crippen LogP contribution is -2.40. The Labute approximate surface area is 165 Å². The van der Waals surface area contributed by atoms with E-state index in [0.717, 1.165) is 56.2 Å². The molecule has 1 aliphatic heterocycles. The lowest BCUT2D eigenvalue weighted by atomic mass is 9.87. The van der Waals surface area contributed by atoms with Crippen LogP contribution in [0, 0.1) is 5.92 Å². The molecule has 27 heavy (non-hydrogen) atoms. The van der Waals surface area contributed by atoms with Gasteiger partial charge in [0.25, 0.3) is 0 Å². The van der Waals surface area contributed by atoms with E-state index in [4.69, 9.17) is 4.74 Å². The molecule has 0 atom stereocenters. The number of carbonyl (C=O) groups is 1. The number of amides is 1. The summed E-state index contributed by atoms with van der Waals surface area (Å²) >= 11 is 1.54. The summed E-state index contributed by atoms with van der Waals surface area (Å²) in [5.41, 5.74) is 0. The van der Waals surface area contributed by atoms with Gasteiger partial charge in [0.05, 0.1) is 19.0 Å². The maximum atomic E-state index is 12.7. The molecular formula is C19H31N5O2S.